The maximum atomic E-state index is 14.1. The minimum Gasteiger partial charge on any atom is -0.478 e. The van der Waals surface area contributed by atoms with E-state index in [4.69, 9.17) is 4.74 Å². The number of anilines is 1. The van der Waals surface area contributed by atoms with Crippen molar-refractivity contribution in [1.82, 2.24) is 0 Å². The predicted octanol–water partition coefficient (Wildman–Crippen LogP) is 3.04. The van der Waals surface area contributed by atoms with Crippen LogP contribution in [0.15, 0.2) is 36.4 Å². The maximum absolute atomic E-state index is 14.1. The first-order valence-electron chi connectivity index (χ1n) is 6.76. The number of halogens is 2. The summed E-state index contributed by atoms with van der Waals surface area (Å²) in [6.45, 7) is -0.255. The van der Waals surface area contributed by atoms with Gasteiger partial charge in [0.2, 0.25) is 0 Å². The lowest BCUT2D eigenvalue weighted by atomic mass is 10.0. The lowest BCUT2D eigenvalue weighted by Crippen LogP contribution is -2.26. The lowest BCUT2D eigenvalue weighted by Gasteiger charge is -2.19. The Morgan fingerprint density at radius 1 is 1.17 bits per heavy atom. The molecule has 2 aromatic carbocycles. The summed E-state index contributed by atoms with van der Waals surface area (Å²) in [7, 11) is 0. The molecular formula is C17H11F2NO3. The molecule has 0 saturated carbocycles. The van der Waals surface area contributed by atoms with Crippen molar-refractivity contribution in [2.45, 2.75) is 0 Å². The number of ether oxygens (including phenoxy) is 1. The normalized spacial score (nSPS) is 13.8. The summed E-state index contributed by atoms with van der Waals surface area (Å²) in [6.07, 6.45) is 2.06. The van der Waals surface area contributed by atoms with E-state index in [1.165, 1.54) is 36.4 Å². The average Bonchev–Trinajstić information content (AvgIpc) is 2.53. The average molecular weight is 315 g/mol. The van der Waals surface area contributed by atoms with E-state index in [0.29, 0.717) is 11.8 Å². The van der Waals surface area contributed by atoms with Crippen LogP contribution in [0.2, 0.25) is 0 Å². The van der Waals surface area contributed by atoms with Gasteiger partial charge in [-0.25, -0.2) is 8.78 Å². The number of carbonyl (C=O) groups excluding carboxylic acids is 2. The fourth-order valence-electron chi connectivity index (χ4n) is 2.25. The van der Waals surface area contributed by atoms with E-state index in [0.717, 1.165) is 6.07 Å². The second-order valence-electron chi connectivity index (χ2n) is 4.94. The molecule has 0 fully saturated rings. The Bertz CT molecular complexity index is 813. The number of aldehydes is 1. The van der Waals surface area contributed by atoms with Gasteiger partial charge in [0.05, 0.1) is 5.69 Å². The summed E-state index contributed by atoms with van der Waals surface area (Å²) in [5.74, 6) is -1.52. The number of nitrogens with one attached hydrogen (secondary N) is 1. The molecule has 6 heteroatoms. The fraction of sp³-hybridized carbons (Fsp3) is 0.0588. The van der Waals surface area contributed by atoms with E-state index in [-0.39, 0.29) is 29.2 Å². The molecule has 1 aliphatic rings. The molecule has 0 spiro atoms. The van der Waals surface area contributed by atoms with E-state index in [1.807, 2.05) is 0 Å². The zero-order chi connectivity index (χ0) is 16.4. The highest BCUT2D eigenvalue weighted by molar-refractivity contribution is 6.14. The smallest absolute Gasteiger partial charge is 0.262 e. The van der Waals surface area contributed by atoms with Crippen molar-refractivity contribution < 1.29 is 23.1 Å². The van der Waals surface area contributed by atoms with Crippen molar-refractivity contribution in [3.8, 4) is 5.75 Å². The van der Waals surface area contributed by atoms with Crippen molar-refractivity contribution in [3.05, 3.63) is 59.2 Å². The number of amides is 1. The molecule has 23 heavy (non-hydrogen) atoms. The van der Waals surface area contributed by atoms with Gasteiger partial charge in [-0.1, -0.05) is 12.1 Å². The van der Waals surface area contributed by atoms with Gasteiger partial charge in [0, 0.05) is 5.57 Å². The van der Waals surface area contributed by atoms with Gasteiger partial charge in [-0.2, -0.15) is 0 Å². The number of carbonyl (C=O) groups is 2. The van der Waals surface area contributed by atoms with Gasteiger partial charge in [-0.05, 0) is 41.5 Å². The number of hydrogen-bond acceptors (Lipinski definition) is 3. The number of benzene rings is 2. The molecular weight excluding hydrogens is 304 g/mol. The standard InChI is InChI=1S/C17H11F2NO3/c18-13-3-1-10(2-4-13)5-12(8-21)11-6-14(19)17-15(7-11)20-16(22)9-23-17/h1-8H,9H2,(H,20,22)/b12-5-. The Balaban J connectivity index is 2.03. The summed E-state index contributed by atoms with van der Waals surface area (Å²) in [5.41, 5.74) is 1.24. The topological polar surface area (TPSA) is 55.4 Å². The third-order valence-electron chi connectivity index (χ3n) is 3.32. The van der Waals surface area contributed by atoms with Crippen LogP contribution < -0.4 is 10.1 Å². The highest BCUT2D eigenvalue weighted by Crippen LogP contribution is 2.34. The Hall–Kier alpha value is -3.02. The minimum atomic E-state index is -0.677. The molecule has 1 amide bonds. The molecule has 0 aliphatic carbocycles. The van der Waals surface area contributed by atoms with Gasteiger partial charge < -0.3 is 10.1 Å². The van der Waals surface area contributed by atoms with Crippen LogP contribution in [0.5, 0.6) is 5.75 Å². The first kappa shape index (κ1) is 14.9. The SMILES string of the molecule is O=C/C(=C/c1ccc(F)cc1)c1cc(F)c2c(c1)NC(=O)CO2. The van der Waals surface area contributed by atoms with E-state index in [2.05, 4.69) is 5.32 Å². The molecule has 0 radical (unpaired) electrons. The Kier molecular flexibility index (Phi) is 3.89. The molecule has 0 saturated heterocycles. The minimum absolute atomic E-state index is 0.0552. The summed E-state index contributed by atoms with van der Waals surface area (Å²) in [4.78, 5) is 22.7. The Morgan fingerprint density at radius 2 is 1.91 bits per heavy atom. The highest BCUT2D eigenvalue weighted by Gasteiger charge is 2.21. The number of allylic oxidation sites excluding steroid dienone is 1. The van der Waals surface area contributed by atoms with Crippen LogP contribution in [0.3, 0.4) is 0 Å². The summed E-state index contributed by atoms with van der Waals surface area (Å²) < 4.78 is 32.0. The molecule has 0 aromatic heterocycles. The highest BCUT2D eigenvalue weighted by atomic mass is 19.1. The molecule has 0 unspecified atom stereocenters. The zero-order valence-electron chi connectivity index (χ0n) is 11.8. The number of rotatable bonds is 3. The van der Waals surface area contributed by atoms with Crippen molar-refractivity contribution >= 4 is 29.5 Å². The maximum Gasteiger partial charge on any atom is 0.262 e. The zero-order valence-corrected chi connectivity index (χ0v) is 11.8. The fourth-order valence-corrected chi connectivity index (χ4v) is 2.25. The van der Waals surface area contributed by atoms with E-state index >= 15 is 0 Å². The van der Waals surface area contributed by atoms with Crippen LogP contribution in [-0.2, 0) is 9.59 Å². The van der Waals surface area contributed by atoms with Crippen molar-refractivity contribution in [2.75, 3.05) is 11.9 Å². The lowest BCUT2D eigenvalue weighted by molar-refractivity contribution is -0.118. The molecule has 0 bridgehead atoms. The van der Waals surface area contributed by atoms with Crippen LogP contribution >= 0.6 is 0 Å². The Morgan fingerprint density at radius 3 is 2.61 bits per heavy atom. The molecule has 3 rings (SSSR count). The summed E-state index contributed by atoms with van der Waals surface area (Å²) in [6, 6.07) is 8.13. The van der Waals surface area contributed by atoms with Crippen LogP contribution in [0.4, 0.5) is 14.5 Å². The monoisotopic (exact) mass is 315 g/mol. The first-order valence-corrected chi connectivity index (χ1v) is 6.76. The van der Waals surface area contributed by atoms with Gasteiger partial charge in [0.1, 0.15) is 5.82 Å². The quantitative estimate of drug-likeness (QED) is 0.538. The van der Waals surface area contributed by atoms with Crippen LogP contribution in [0.1, 0.15) is 11.1 Å². The Labute approximate surface area is 130 Å². The molecule has 1 heterocycles. The first-order chi connectivity index (χ1) is 11.1. The number of fused-ring (bicyclic) bond motifs is 1. The van der Waals surface area contributed by atoms with Crippen molar-refractivity contribution in [1.29, 1.82) is 0 Å². The third kappa shape index (κ3) is 3.11. The van der Waals surface area contributed by atoms with Crippen molar-refractivity contribution in [3.63, 3.8) is 0 Å². The second kappa shape index (κ2) is 6.00. The van der Waals surface area contributed by atoms with Gasteiger partial charge >= 0.3 is 0 Å². The molecule has 116 valence electrons. The predicted molar refractivity (Wildman–Crippen MR) is 80.9 cm³/mol. The van der Waals surface area contributed by atoms with Crippen molar-refractivity contribution in [2.24, 2.45) is 0 Å². The van der Waals surface area contributed by atoms with Crippen LogP contribution in [0, 0.1) is 11.6 Å². The third-order valence-corrected chi connectivity index (χ3v) is 3.32. The molecule has 1 N–H and O–H groups in total. The second-order valence-corrected chi connectivity index (χ2v) is 4.94. The van der Waals surface area contributed by atoms with E-state index in [1.54, 1.807) is 0 Å². The van der Waals surface area contributed by atoms with Gasteiger partial charge in [0.25, 0.3) is 5.91 Å². The number of hydrogen-bond donors (Lipinski definition) is 1. The van der Waals surface area contributed by atoms with Gasteiger partial charge in [-0.3, -0.25) is 9.59 Å². The molecule has 1 aliphatic heterocycles. The molecule has 2 aromatic rings. The van der Waals surface area contributed by atoms with E-state index in [9.17, 15) is 18.4 Å². The molecule has 0 atom stereocenters. The van der Waals surface area contributed by atoms with E-state index < -0.39 is 17.5 Å². The van der Waals surface area contributed by atoms with Gasteiger partial charge in [0.15, 0.2) is 24.5 Å². The summed E-state index contributed by atoms with van der Waals surface area (Å²) >= 11 is 0. The van der Waals surface area contributed by atoms with Gasteiger partial charge in [-0.15, -0.1) is 0 Å². The van der Waals surface area contributed by atoms with Crippen LogP contribution in [-0.4, -0.2) is 18.8 Å². The largest absolute Gasteiger partial charge is 0.478 e. The molecule has 4 nitrogen and oxygen atoms in total. The summed E-state index contributed by atoms with van der Waals surface area (Å²) in [5, 5.41) is 2.49. The van der Waals surface area contributed by atoms with Crippen LogP contribution in [0.25, 0.3) is 11.6 Å².